The molecule has 1 aliphatic rings. The lowest BCUT2D eigenvalue weighted by atomic mass is 10.2. The highest BCUT2D eigenvalue weighted by molar-refractivity contribution is 7.92. The summed E-state index contributed by atoms with van der Waals surface area (Å²) in [4.78, 5) is 12.9. The van der Waals surface area contributed by atoms with Crippen LogP contribution in [-0.2, 0) is 10.0 Å². The average molecular weight is 440 g/mol. The van der Waals surface area contributed by atoms with E-state index in [0.717, 1.165) is 18.9 Å². The maximum atomic E-state index is 12.7. The molecule has 156 valence electrons. The Morgan fingerprint density at radius 3 is 2.55 bits per heavy atom. The van der Waals surface area contributed by atoms with Crippen molar-refractivity contribution in [1.29, 1.82) is 0 Å². The Hall–Kier alpha value is -2.36. The van der Waals surface area contributed by atoms with Crippen molar-refractivity contribution in [2.45, 2.75) is 36.6 Å². The predicted molar refractivity (Wildman–Crippen MR) is 112 cm³/mol. The largest absolute Gasteiger partial charge is 0.396 e. The number of aliphatic hydroxyl groups is 1. The van der Waals surface area contributed by atoms with Crippen LogP contribution < -0.4 is 9.62 Å². The number of nitro groups is 1. The molecule has 1 aliphatic carbocycles. The van der Waals surface area contributed by atoms with Gasteiger partial charge >= 0.3 is 0 Å². The first-order valence-electron chi connectivity index (χ1n) is 9.27. The Morgan fingerprint density at radius 1 is 1.21 bits per heavy atom. The molecule has 0 heterocycles. The SMILES string of the molecule is O=[N+]([O-])c1cc(S(=O)(=O)Nc2ccccc2Cl)ccc1N(CCCCO)C1CC1. The number of aliphatic hydroxyl groups excluding tert-OH is 1. The van der Waals surface area contributed by atoms with Gasteiger partial charge in [-0.2, -0.15) is 0 Å². The Kier molecular flexibility index (Phi) is 6.61. The topological polar surface area (TPSA) is 113 Å². The van der Waals surface area contributed by atoms with Crippen LogP contribution in [0.15, 0.2) is 47.4 Å². The van der Waals surface area contributed by atoms with Gasteiger partial charge < -0.3 is 10.0 Å². The molecule has 0 unspecified atom stereocenters. The molecule has 2 aromatic carbocycles. The highest BCUT2D eigenvalue weighted by Crippen LogP contribution is 2.38. The molecule has 0 saturated heterocycles. The van der Waals surface area contributed by atoms with Crippen molar-refractivity contribution in [3.8, 4) is 0 Å². The van der Waals surface area contributed by atoms with Gasteiger partial charge in [-0.15, -0.1) is 0 Å². The number of anilines is 2. The van der Waals surface area contributed by atoms with Crippen LogP contribution in [0.25, 0.3) is 0 Å². The zero-order chi connectivity index (χ0) is 21.0. The Labute approximate surface area is 174 Å². The van der Waals surface area contributed by atoms with Crippen molar-refractivity contribution in [2.75, 3.05) is 22.8 Å². The number of nitrogens with one attached hydrogen (secondary N) is 1. The number of hydrogen-bond donors (Lipinski definition) is 2. The Morgan fingerprint density at radius 2 is 1.93 bits per heavy atom. The summed E-state index contributed by atoms with van der Waals surface area (Å²) >= 11 is 6.01. The first-order chi connectivity index (χ1) is 13.8. The van der Waals surface area contributed by atoms with Crippen LogP contribution in [0, 0.1) is 10.1 Å². The zero-order valence-corrected chi connectivity index (χ0v) is 17.2. The lowest BCUT2D eigenvalue weighted by Crippen LogP contribution is -2.28. The van der Waals surface area contributed by atoms with E-state index in [-0.39, 0.29) is 33.9 Å². The fourth-order valence-corrected chi connectivity index (χ4v) is 4.43. The summed E-state index contributed by atoms with van der Waals surface area (Å²) in [5.74, 6) is 0. The minimum Gasteiger partial charge on any atom is -0.396 e. The van der Waals surface area contributed by atoms with E-state index >= 15 is 0 Å². The third kappa shape index (κ3) is 5.17. The third-order valence-electron chi connectivity index (χ3n) is 4.68. The highest BCUT2D eigenvalue weighted by Gasteiger charge is 2.33. The zero-order valence-electron chi connectivity index (χ0n) is 15.6. The molecule has 8 nitrogen and oxygen atoms in total. The molecule has 0 atom stereocenters. The van der Waals surface area contributed by atoms with E-state index in [0.29, 0.717) is 25.1 Å². The average Bonchev–Trinajstić information content (AvgIpc) is 3.52. The Bertz CT molecular complexity index is 995. The van der Waals surface area contributed by atoms with Gasteiger partial charge in [0.15, 0.2) is 0 Å². The lowest BCUT2D eigenvalue weighted by molar-refractivity contribution is -0.384. The number of unbranched alkanes of at least 4 members (excludes halogenated alkanes) is 1. The van der Waals surface area contributed by atoms with Crippen LogP contribution >= 0.6 is 11.6 Å². The normalized spacial score (nSPS) is 13.9. The van der Waals surface area contributed by atoms with Gasteiger partial charge in [-0.1, -0.05) is 23.7 Å². The van der Waals surface area contributed by atoms with Gasteiger partial charge in [0.1, 0.15) is 5.69 Å². The number of sulfonamides is 1. The lowest BCUT2D eigenvalue weighted by Gasteiger charge is -2.24. The fraction of sp³-hybridized carbons (Fsp3) is 0.368. The molecular weight excluding hydrogens is 418 g/mol. The van der Waals surface area contributed by atoms with Gasteiger partial charge in [0, 0.05) is 25.3 Å². The molecule has 2 aromatic rings. The van der Waals surface area contributed by atoms with E-state index in [1.165, 1.54) is 18.2 Å². The van der Waals surface area contributed by atoms with Crippen LogP contribution in [-0.4, -0.2) is 37.6 Å². The number of nitrogens with zero attached hydrogens (tertiary/aromatic N) is 2. The van der Waals surface area contributed by atoms with Gasteiger partial charge in [-0.25, -0.2) is 8.42 Å². The fourth-order valence-electron chi connectivity index (χ4n) is 3.09. The molecule has 29 heavy (non-hydrogen) atoms. The van der Waals surface area contributed by atoms with E-state index in [9.17, 15) is 18.5 Å². The number of nitro benzene ring substituents is 1. The van der Waals surface area contributed by atoms with E-state index in [2.05, 4.69) is 4.72 Å². The van der Waals surface area contributed by atoms with Gasteiger partial charge in [-0.3, -0.25) is 14.8 Å². The Balaban J connectivity index is 1.93. The second-order valence-electron chi connectivity index (χ2n) is 6.85. The molecule has 0 amide bonds. The molecule has 1 saturated carbocycles. The first kappa shape index (κ1) is 21.4. The second-order valence-corrected chi connectivity index (χ2v) is 8.94. The van der Waals surface area contributed by atoms with Crippen molar-refractivity contribution in [3.05, 3.63) is 57.6 Å². The van der Waals surface area contributed by atoms with Gasteiger partial charge in [0.2, 0.25) is 0 Å². The monoisotopic (exact) mass is 439 g/mol. The number of para-hydroxylation sites is 1. The molecule has 10 heteroatoms. The quantitative estimate of drug-likeness (QED) is 0.331. The molecular formula is C19H22ClN3O5S. The van der Waals surface area contributed by atoms with Crippen LogP contribution in [0.3, 0.4) is 0 Å². The van der Waals surface area contributed by atoms with E-state index in [4.69, 9.17) is 16.7 Å². The molecule has 1 fully saturated rings. The van der Waals surface area contributed by atoms with Crippen LogP contribution in [0.4, 0.5) is 17.1 Å². The van der Waals surface area contributed by atoms with Crippen molar-refractivity contribution < 1.29 is 18.4 Å². The summed E-state index contributed by atoms with van der Waals surface area (Å²) in [6.07, 6.45) is 3.16. The molecule has 0 radical (unpaired) electrons. The van der Waals surface area contributed by atoms with Crippen molar-refractivity contribution in [2.24, 2.45) is 0 Å². The number of halogens is 1. The molecule has 0 bridgehead atoms. The molecule has 2 N–H and O–H groups in total. The van der Waals surface area contributed by atoms with E-state index in [1.807, 2.05) is 4.90 Å². The predicted octanol–water partition coefficient (Wildman–Crippen LogP) is 3.79. The highest BCUT2D eigenvalue weighted by atomic mass is 35.5. The van der Waals surface area contributed by atoms with Crippen molar-refractivity contribution in [1.82, 2.24) is 0 Å². The maximum Gasteiger partial charge on any atom is 0.293 e. The summed E-state index contributed by atoms with van der Waals surface area (Å²) in [6.45, 7) is 0.627. The van der Waals surface area contributed by atoms with Gasteiger partial charge in [0.05, 0.1) is 20.5 Å². The summed E-state index contributed by atoms with van der Waals surface area (Å²) in [5.41, 5.74) is 0.333. The molecule has 0 aliphatic heterocycles. The summed E-state index contributed by atoms with van der Waals surface area (Å²) in [5, 5.41) is 20.9. The van der Waals surface area contributed by atoms with Gasteiger partial charge in [0.25, 0.3) is 15.7 Å². The summed E-state index contributed by atoms with van der Waals surface area (Å²) in [6, 6.07) is 10.5. The first-order valence-corrected chi connectivity index (χ1v) is 11.1. The molecule has 3 rings (SSSR count). The standard InChI is InChI=1S/C19H22ClN3O5S/c20-16-5-1-2-6-17(16)21-29(27,28)15-9-10-18(19(13-15)23(25)26)22(14-7-8-14)11-3-4-12-24/h1-2,5-6,9-10,13-14,21,24H,3-4,7-8,11-12H2. The smallest absolute Gasteiger partial charge is 0.293 e. The van der Waals surface area contributed by atoms with E-state index in [1.54, 1.807) is 18.2 Å². The third-order valence-corrected chi connectivity index (χ3v) is 6.37. The summed E-state index contributed by atoms with van der Waals surface area (Å²) in [7, 11) is -4.05. The minimum absolute atomic E-state index is 0.0610. The molecule has 0 spiro atoms. The number of hydrogen-bond acceptors (Lipinski definition) is 6. The van der Waals surface area contributed by atoms with Gasteiger partial charge in [-0.05, 0) is 49.9 Å². The van der Waals surface area contributed by atoms with Crippen molar-refractivity contribution >= 4 is 38.7 Å². The maximum absolute atomic E-state index is 12.7. The van der Waals surface area contributed by atoms with E-state index < -0.39 is 14.9 Å². The second kappa shape index (κ2) is 8.98. The van der Waals surface area contributed by atoms with Crippen LogP contribution in [0.2, 0.25) is 5.02 Å². The van der Waals surface area contributed by atoms with Crippen LogP contribution in [0.5, 0.6) is 0 Å². The summed E-state index contributed by atoms with van der Waals surface area (Å²) < 4.78 is 27.8. The minimum atomic E-state index is -4.05. The van der Waals surface area contributed by atoms with Crippen LogP contribution in [0.1, 0.15) is 25.7 Å². The molecule has 0 aromatic heterocycles. The number of benzene rings is 2. The number of rotatable bonds is 10. The van der Waals surface area contributed by atoms with Crippen molar-refractivity contribution in [3.63, 3.8) is 0 Å².